The molecule has 3 heterocycles. The lowest BCUT2D eigenvalue weighted by atomic mass is 9.98. The van der Waals surface area contributed by atoms with Crippen LogP contribution in [0.2, 0.25) is 0 Å². The summed E-state index contributed by atoms with van der Waals surface area (Å²) in [4.78, 5) is 20.0. The summed E-state index contributed by atoms with van der Waals surface area (Å²) in [7, 11) is 3.23. The summed E-state index contributed by atoms with van der Waals surface area (Å²) >= 11 is 0. The predicted molar refractivity (Wildman–Crippen MR) is 101 cm³/mol. The molecule has 2 aromatic heterocycles. The largest absolute Gasteiger partial charge is 0.380 e. The van der Waals surface area contributed by atoms with Gasteiger partial charge >= 0.3 is 0 Å². The summed E-state index contributed by atoms with van der Waals surface area (Å²) in [6.45, 7) is 1.72. The molecule has 26 heavy (non-hydrogen) atoms. The maximum absolute atomic E-state index is 12.3. The Hall–Kier alpha value is -2.70. The fourth-order valence-electron chi connectivity index (χ4n) is 3.55. The highest BCUT2D eigenvalue weighted by molar-refractivity contribution is 6.12. The van der Waals surface area contributed by atoms with Crippen LogP contribution in [0.25, 0.3) is 27.4 Å². The Kier molecular flexibility index (Phi) is 4.44. The van der Waals surface area contributed by atoms with Crippen molar-refractivity contribution in [1.29, 1.82) is 0 Å². The quantitative estimate of drug-likeness (QED) is 0.757. The number of pyridine rings is 1. The topological polar surface area (TPSA) is 76.2 Å². The van der Waals surface area contributed by atoms with Crippen molar-refractivity contribution in [2.45, 2.75) is 13.0 Å². The Labute approximate surface area is 151 Å². The van der Waals surface area contributed by atoms with Gasteiger partial charge in [-0.05, 0) is 29.7 Å². The standard InChI is InChI=1S/C20H21N3O3/c1-21-20(24)19-15(11-25-2)18-14-9-13(12-5-7-26-8-6-12)3-4-16(14)23-17(18)10-22-19/h3-5,9-10,23H,6-8,11H2,1-2H3,(H,21,24). The predicted octanol–water partition coefficient (Wildman–Crippen LogP) is 3.03. The van der Waals surface area contributed by atoms with Crippen molar-refractivity contribution < 1.29 is 14.3 Å². The van der Waals surface area contributed by atoms with E-state index >= 15 is 0 Å². The number of nitrogens with zero attached hydrogens (tertiary/aromatic N) is 1. The zero-order valence-corrected chi connectivity index (χ0v) is 14.9. The van der Waals surface area contributed by atoms with E-state index < -0.39 is 0 Å². The molecule has 6 nitrogen and oxygen atoms in total. The summed E-state index contributed by atoms with van der Waals surface area (Å²) in [6.07, 6.45) is 4.75. The van der Waals surface area contributed by atoms with Gasteiger partial charge in [-0.15, -0.1) is 0 Å². The molecule has 0 radical (unpaired) electrons. The van der Waals surface area contributed by atoms with Gasteiger partial charge in [-0.1, -0.05) is 12.1 Å². The van der Waals surface area contributed by atoms with Gasteiger partial charge in [0.15, 0.2) is 0 Å². The third kappa shape index (κ3) is 2.77. The summed E-state index contributed by atoms with van der Waals surface area (Å²) in [5.41, 5.74) is 5.60. The van der Waals surface area contributed by atoms with Crippen LogP contribution in [-0.4, -0.2) is 43.2 Å². The van der Waals surface area contributed by atoms with Crippen molar-refractivity contribution in [2.75, 3.05) is 27.4 Å². The number of H-pyrrole nitrogens is 1. The van der Waals surface area contributed by atoms with E-state index in [2.05, 4.69) is 39.6 Å². The fraction of sp³-hybridized carbons (Fsp3) is 0.300. The third-order valence-corrected chi connectivity index (χ3v) is 4.80. The first-order chi connectivity index (χ1) is 12.7. The Balaban J connectivity index is 1.97. The van der Waals surface area contributed by atoms with Crippen LogP contribution in [0.3, 0.4) is 0 Å². The van der Waals surface area contributed by atoms with Crippen LogP contribution in [0, 0.1) is 0 Å². The normalized spacial score (nSPS) is 14.6. The number of fused-ring (bicyclic) bond motifs is 3. The van der Waals surface area contributed by atoms with Crippen LogP contribution in [-0.2, 0) is 16.1 Å². The van der Waals surface area contributed by atoms with Crippen molar-refractivity contribution in [3.63, 3.8) is 0 Å². The first kappa shape index (κ1) is 16.8. The number of aromatic amines is 1. The second-order valence-electron chi connectivity index (χ2n) is 6.33. The van der Waals surface area contributed by atoms with Gasteiger partial charge < -0.3 is 19.8 Å². The highest BCUT2D eigenvalue weighted by atomic mass is 16.5. The highest BCUT2D eigenvalue weighted by Crippen LogP contribution is 2.33. The molecule has 0 bridgehead atoms. The SMILES string of the molecule is CNC(=O)c1ncc2[nH]c3ccc(C4=CCOCC4)cc3c2c1COC. The van der Waals surface area contributed by atoms with E-state index in [1.165, 1.54) is 11.1 Å². The van der Waals surface area contributed by atoms with Crippen LogP contribution >= 0.6 is 0 Å². The molecule has 1 amide bonds. The lowest BCUT2D eigenvalue weighted by molar-refractivity contribution is 0.0953. The number of rotatable bonds is 4. The molecule has 2 N–H and O–H groups in total. The van der Waals surface area contributed by atoms with Crippen molar-refractivity contribution in [3.05, 3.63) is 47.3 Å². The van der Waals surface area contributed by atoms with Gasteiger partial charge in [0.2, 0.25) is 0 Å². The monoisotopic (exact) mass is 351 g/mol. The molecule has 0 atom stereocenters. The Morgan fingerprint density at radius 2 is 2.27 bits per heavy atom. The van der Waals surface area contributed by atoms with E-state index in [0.717, 1.165) is 40.4 Å². The summed E-state index contributed by atoms with van der Waals surface area (Å²) in [5.74, 6) is -0.211. The lowest BCUT2D eigenvalue weighted by Gasteiger charge is -2.14. The lowest BCUT2D eigenvalue weighted by Crippen LogP contribution is -2.21. The molecule has 1 aliphatic heterocycles. The molecule has 0 saturated carbocycles. The molecular formula is C20H21N3O3. The van der Waals surface area contributed by atoms with E-state index in [-0.39, 0.29) is 5.91 Å². The van der Waals surface area contributed by atoms with Gasteiger partial charge in [0.1, 0.15) is 5.69 Å². The summed E-state index contributed by atoms with van der Waals surface area (Å²) < 4.78 is 10.8. The number of hydrogen-bond acceptors (Lipinski definition) is 4. The van der Waals surface area contributed by atoms with Crippen molar-refractivity contribution in [2.24, 2.45) is 0 Å². The number of benzene rings is 1. The zero-order chi connectivity index (χ0) is 18.1. The molecule has 1 aromatic carbocycles. The minimum atomic E-state index is -0.211. The fourth-order valence-corrected chi connectivity index (χ4v) is 3.55. The molecule has 0 unspecified atom stereocenters. The van der Waals surface area contributed by atoms with Gasteiger partial charge in [0.05, 0.1) is 31.5 Å². The second kappa shape index (κ2) is 6.90. The van der Waals surface area contributed by atoms with Crippen LogP contribution < -0.4 is 5.32 Å². The molecule has 0 fully saturated rings. The Morgan fingerprint density at radius 1 is 1.38 bits per heavy atom. The summed E-state index contributed by atoms with van der Waals surface area (Å²) in [6, 6.07) is 6.38. The van der Waals surface area contributed by atoms with Gasteiger partial charge in [0, 0.05) is 36.0 Å². The number of carbonyl (C=O) groups excluding carboxylic acids is 1. The minimum Gasteiger partial charge on any atom is -0.380 e. The molecule has 4 rings (SSSR count). The van der Waals surface area contributed by atoms with E-state index in [1.807, 2.05) is 0 Å². The average Bonchev–Trinajstić information content (AvgIpc) is 3.06. The molecule has 6 heteroatoms. The first-order valence-corrected chi connectivity index (χ1v) is 8.64. The maximum atomic E-state index is 12.3. The number of amides is 1. The number of aromatic nitrogens is 2. The van der Waals surface area contributed by atoms with Crippen LogP contribution in [0.4, 0.5) is 0 Å². The second-order valence-corrected chi connectivity index (χ2v) is 6.33. The molecule has 0 spiro atoms. The van der Waals surface area contributed by atoms with E-state index in [9.17, 15) is 4.79 Å². The summed E-state index contributed by atoms with van der Waals surface area (Å²) in [5, 5.41) is 4.72. The van der Waals surface area contributed by atoms with Crippen molar-refractivity contribution in [1.82, 2.24) is 15.3 Å². The third-order valence-electron chi connectivity index (χ3n) is 4.80. The smallest absolute Gasteiger partial charge is 0.270 e. The highest BCUT2D eigenvalue weighted by Gasteiger charge is 2.19. The van der Waals surface area contributed by atoms with Gasteiger partial charge in [-0.2, -0.15) is 0 Å². The number of ether oxygens (including phenoxy) is 2. The zero-order valence-electron chi connectivity index (χ0n) is 14.9. The van der Waals surface area contributed by atoms with Crippen LogP contribution in [0.5, 0.6) is 0 Å². The number of nitrogens with one attached hydrogen (secondary N) is 2. The molecule has 3 aromatic rings. The van der Waals surface area contributed by atoms with E-state index in [1.54, 1.807) is 20.4 Å². The molecule has 134 valence electrons. The maximum Gasteiger partial charge on any atom is 0.270 e. The number of carbonyl (C=O) groups is 1. The Morgan fingerprint density at radius 3 is 3.00 bits per heavy atom. The number of hydrogen-bond donors (Lipinski definition) is 2. The van der Waals surface area contributed by atoms with Crippen LogP contribution in [0.1, 0.15) is 28.0 Å². The Bertz CT molecular complexity index is 1020. The van der Waals surface area contributed by atoms with E-state index in [0.29, 0.717) is 18.9 Å². The average molecular weight is 351 g/mol. The van der Waals surface area contributed by atoms with Crippen molar-refractivity contribution >= 4 is 33.3 Å². The van der Waals surface area contributed by atoms with Gasteiger partial charge in [-0.3, -0.25) is 4.79 Å². The molecule has 0 aliphatic carbocycles. The van der Waals surface area contributed by atoms with Crippen LogP contribution in [0.15, 0.2) is 30.5 Å². The minimum absolute atomic E-state index is 0.211. The molecule has 0 saturated heterocycles. The number of methoxy groups -OCH3 is 1. The molecule has 1 aliphatic rings. The van der Waals surface area contributed by atoms with Crippen molar-refractivity contribution in [3.8, 4) is 0 Å². The van der Waals surface area contributed by atoms with Gasteiger partial charge in [-0.25, -0.2) is 4.98 Å². The first-order valence-electron chi connectivity index (χ1n) is 8.64. The molecular weight excluding hydrogens is 330 g/mol. The van der Waals surface area contributed by atoms with Gasteiger partial charge in [0.25, 0.3) is 5.91 Å². The van der Waals surface area contributed by atoms with E-state index in [4.69, 9.17) is 9.47 Å².